The molecule has 0 aliphatic heterocycles. The first kappa shape index (κ1) is 31.8. The third kappa shape index (κ3) is 17.9. The fourth-order valence-electron chi connectivity index (χ4n) is 3.64. The maximum atomic E-state index is 12.2. The molecule has 0 aromatic heterocycles. The van der Waals surface area contributed by atoms with Crippen molar-refractivity contribution >= 4 is 5.91 Å². The highest BCUT2D eigenvalue weighted by Crippen LogP contribution is 2.11. The van der Waals surface area contributed by atoms with Crippen LogP contribution in [0.15, 0.2) is 24.3 Å². The summed E-state index contributed by atoms with van der Waals surface area (Å²) in [5, 5.41) is 42.7. The first-order chi connectivity index (χ1) is 16.0. The predicted molar refractivity (Wildman–Crippen MR) is 136 cm³/mol. The van der Waals surface area contributed by atoms with Gasteiger partial charge in [-0.2, -0.15) is 0 Å². The number of amides is 1. The van der Waals surface area contributed by atoms with Gasteiger partial charge in [0.05, 0.1) is 18.8 Å². The second-order valence-corrected chi connectivity index (χ2v) is 9.02. The molecule has 1 amide bonds. The molecule has 6 heteroatoms. The minimum Gasteiger partial charge on any atom is -0.394 e. The minimum absolute atomic E-state index is 0.277. The molecule has 0 spiro atoms. The molecule has 0 saturated heterocycles. The minimum atomic E-state index is -1.29. The number of aliphatic hydroxyl groups is 4. The average molecular weight is 470 g/mol. The van der Waals surface area contributed by atoms with Gasteiger partial charge in [0.1, 0.15) is 12.2 Å². The van der Waals surface area contributed by atoms with Crippen molar-refractivity contribution in [1.82, 2.24) is 5.32 Å². The summed E-state index contributed by atoms with van der Waals surface area (Å²) in [6.07, 6.45) is 19.4. The van der Waals surface area contributed by atoms with E-state index in [1.54, 1.807) is 0 Å². The summed E-state index contributed by atoms with van der Waals surface area (Å²) in [6.45, 7) is 3.87. The molecular weight excluding hydrogens is 418 g/mol. The molecule has 0 saturated carbocycles. The van der Waals surface area contributed by atoms with Crippen molar-refractivity contribution in [2.75, 3.05) is 6.61 Å². The van der Waals surface area contributed by atoms with Crippen LogP contribution in [0.25, 0.3) is 0 Å². The number of rotatable bonds is 22. The molecule has 6 nitrogen and oxygen atoms in total. The van der Waals surface area contributed by atoms with Gasteiger partial charge in [0, 0.05) is 0 Å². The second-order valence-electron chi connectivity index (χ2n) is 9.02. The molecular formula is C27H51NO5. The summed E-state index contributed by atoms with van der Waals surface area (Å²) in [6, 6.07) is -1.01. The summed E-state index contributed by atoms with van der Waals surface area (Å²) in [7, 11) is 0. The van der Waals surface area contributed by atoms with Gasteiger partial charge in [-0.15, -0.1) is 0 Å². The van der Waals surface area contributed by atoms with E-state index in [4.69, 9.17) is 0 Å². The van der Waals surface area contributed by atoms with E-state index in [0.717, 1.165) is 25.7 Å². The molecule has 5 N–H and O–H groups in total. The molecule has 0 bridgehead atoms. The number of carbonyl (C=O) groups is 1. The summed E-state index contributed by atoms with van der Waals surface area (Å²) in [5.41, 5.74) is 0. The average Bonchev–Trinajstić information content (AvgIpc) is 2.82. The number of carbonyl (C=O) groups excluding carboxylic acids is 1. The van der Waals surface area contributed by atoms with Crippen molar-refractivity contribution in [3.63, 3.8) is 0 Å². The highest BCUT2D eigenvalue weighted by atomic mass is 16.3. The van der Waals surface area contributed by atoms with Crippen LogP contribution in [0.2, 0.25) is 0 Å². The molecule has 0 rings (SSSR count). The molecule has 0 aliphatic carbocycles. The maximum absolute atomic E-state index is 12.2. The Bertz CT molecular complexity index is 509. The molecule has 0 aliphatic rings. The molecule has 33 heavy (non-hydrogen) atoms. The Balaban J connectivity index is 4.13. The van der Waals surface area contributed by atoms with E-state index in [2.05, 4.69) is 37.4 Å². The van der Waals surface area contributed by atoms with Gasteiger partial charge in [0.25, 0.3) is 0 Å². The molecule has 4 unspecified atom stereocenters. The monoisotopic (exact) mass is 469 g/mol. The van der Waals surface area contributed by atoms with Crippen LogP contribution in [-0.4, -0.2) is 57.3 Å². The lowest BCUT2D eigenvalue weighted by Gasteiger charge is -2.27. The topological polar surface area (TPSA) is 110 Å². The van der Waals surface area contributed by atoms with Gasteiger partial charge in [0.15, 0.2) is 0 Å². The fraction of sp³-hybridized carbons (Fsp3) is 0.815. The molecule has 194 valence electrons. The number of hydrogen-bond donors (Lipinski definition) is 5. The zero-order chi connectivity index (χ0) is 24.7. The van der Waals surface area contributed by atoms with Crippen LogP contribution < -0.4 is 5.32 Å². The van der Waals surface area contributed by atoms with Gasteiger partial charge in [-0.25, -0.2) is 0 Å². The van der Waals surface area contributed by atoms with E-state index < -0.39 is 36.9 Å². The van der Waals surface area contributed by atoms with Gasteiger partial charge in [-0.1, -0.05) is 76.7 Å². The first-order valence-corrected chi connectivity index (χ1v) is 13.2. The van der Waals surface area contributed by atoms with E-state index in [1.807, 2.05) is 6.08 Å². The van der Waals surface area contributed by atoms with Crippen LogP contribution in [0.3, 0.4) is 0 Å². The van der Waals surface area contributed by atoms with E-state index in [9.17, 15) is 25.2 Å². The lowest BCUT2D eigenvalue weighted by Crippen LogP contribution is -2.53. The van der Waals surface area contributed by atoms with Crippen molar-refractivity contribution in [3.8, 4) is 0 Å². The Morgan fingerprint density at radius 2 is 1.24 bits per heavy atom. The van der Waals surface area contributed by atoms with Crippen LogP contribution in [0.4, 0.5) is 0 Å². The van der Waals surface area contributed by atoms with E-state index in [-0.39, 0.29) is 6.42 Å². The fourth-order valence-corrected chi connectivity index (χ4v) is 3.64. The molecule has 0 aromatic rings. The van der Waals surface area contributed by atoms with Crippen molar-refractivity contribution < 1.29 is 25.2 Å². The molecule has 0 fully saturated rings. The Hall–Kier alpha value is -1.21. The van der Waals surface area contributed by atoms with Crippen LogP contribution in [-0.2, 0) is 4.79 Å². The van der Waals surface area contributed by atoms with Gasteiger partial charge in [0.2, 0.25) is 5.91 Å². The highest BCUT2D eigenvalue weighted by molar-refractivity contribution is 5.80. The predicted octanol–water partition coefficient (Wildman–Crippen LogP) is 4.55. The Morgan fingerprint density at radius 3 is 1.76 bits per heavy atom. The van der Waals surface area contributed by atoms with E-state index >= 15 is 0 Å². The van der Waals surface area contributed by atoms with Crippen LogP contribution in [0.5, 0.6) is 0 Å². The zero-order valence-electron chi connectivity index (χ0n) is 21.1. The summed E-state index contributed by atoms with van der Waals surface area (Å²) in [4.78, 5) is 12.2. The number of aliphatic hydroxyl groups excluding tert-OH is 4. The smallest absolute Gasteiger partial charge is 0.249 e. The van der Waals surface area contributed by atoms with Crippen LogP contribution in [0, 0.1) is 0 Å². The zero-order valence-corrected chi connectivity index (χ0v) is 21.1. The molecule has 0 aromatic carbocycles. The van der Waals surface area contributed by atoms with Crippen LogP contribution >= 0.6 is 0 Å². The molecule has 0 heterocycles. The quantitative estimate of drug-likeness (QED) is 0.118. The Morgan fingerprint density at radius 1 is 0.727 bits per heavy atom. The second kappa shape index (κ2) is 22.6. The molecule has 0 radical (unpaired) electrons. The SMILES string of the molecule is CCCCCC/C=C\CCC(O)C(=O)NC(CO)C(O)C(O)CCC/C=C/CCCCCC. The van der Waals surface area contributed by atoms with Crippen molar-refractivity contribution in [1.29, 1.82) is 0 Å². The summed E-state index contributed by atoms with van der Waals surface area (Å²) in [5.74, 6) is -0.636. The molecule has 4 atom stereocenters. The number of hydrogen-bond acceptors (Lipinski definition) is 5. The normalized spacial score (nSPS) is 15.7. The van der Waals surface area contributed by atoms with Gasteiger partial charge in [-0.05, 0) is 57.8 Å². The first-order valence-electron chi connectivity index (χ1n) is 13.2. The van der Waals surface area contributed by atoms with Crippen molar-refractivity contribution in [2.45, 2.75) is 135 Å². The Labute approximate surface area is 202 Å². The lowest BCUT2D eigenvalue weighted by atomic mass is 10.0. The standard InChI is InChI=1S/C27H51NO5/c1-3-5-7-9-11-13-15-16-18-20-24(30)26(32)23(22-29)28-27(33)25(31)21-19-17-14-12-10-8-6-4-2/h13-15,17,23-26,29-32H,3-12,16,18-22H2,1-2H3,(H,28,33)/b15-13+,17-14-. The maximum Gasteiger partial charge on any atom is 0.249 e. The van der Waals surface area contributed by atoms with E-state index in [1.165, 1.54) is 44.9 Å². The number of nitrogens with one attached hydrogen (secondary N) is 1. The van der Waals surface area contributed by atoms with E-state index in [0.29, 0.717) is 19.3 Å². The highest BCUT2D eigenvalue weighted by Gasteiger charge is 2.28. The van der Waals surface area contributed by atoms with Crippen LogP contribution in [0.1, 0.15) is 110 Å². The van der Waals surface area contributed by atoms with Gasteiger partial charge < -0.3 is 25.7 Å². The third-order valence-corrected chi connectivity index (χ3v) is 5.89. The number of unbranched alkanes of at least 4 members (excludes halogenated alkanes) is 9. The largest absolute Gasteiger partial charge is 0.394 e. The Kier molecular flexibility index (Phi) is 21.7. The number of allylic oxidation sites excluding steroid dienone is 4. The summed E-state index contributed by atoms with van der Waals surface area (Å²) < 4.78 is 0. The van der Waals surface area contributed by atoms with Gasteiger partial charge >= 0.3 is 0 Å². The third-order valence-electron chi connectivity index (χ3n) is 5.89. The summed E-state index contributed by atoms with van der Waals surface area (Å²) >= 11 is 0. The lowest BCUT2D eigenvalue weighted by molar-refractivity contribution is -0.132. The van der Waals surface area contributed by atoms with Crippen molar-refractivity contribution in [3.05, 3.63) is 24.3 Å². The van der Waals surface area contributed by atoms with Gasteiger partial charge in [-0.3, -0.25) is 4.79 Å². The van der Waals surface area contributed by atoms with Crippen molar-refractivity contribution in [2.24, 2.45) is 0 Å².